The van der Waals surface area contributed by atoms with Gasteiger partial charge in [-0.15, -0.1) is 28.6 Å². The van der Waals surface area contributed by atoms with Gasteiger partial charge >= 0.3 is 0 Å². The number of hydrogen-bond acceptors (Lipinski definition) is 9. The van der Waals surface area contributed by atoms with E-state index in [0.29, 0.717) is 37.3 Å². The molecule has 51 heavy (non-hydrogen) atoms. The van der Waals surface area contributed by atoms with E-state index in [2.05, 4.69) is 45.4 Å². The minimum Gasteiger partial charge on any atom is -0.508 e. The molecule has 0 saturated heterocycles. The molecule has 0 aliphatic heterocycles. The van der Waals surface area contributed by atoms with Crippen molar-refractivity contribution in [2.24, 2.45) is 39.8 Å². The smallest absolute Gasteiger partial charge is 0.188 e. The summed E-state index contributed by atoms with van der Waals surface area (Å²) in [5.41, 5.74) is 8.14. The molecule has 0 radical (unpaired) electrons. The summed E-state index contributed by atoms with van der Waals surface area (Å²) in [7, 11) is 1.64. The van der Waals surface area contributed by atoms with E-state index in [-0.39, 0.29) is 54.4 Å². The average Bonchev–Trinajstić information content (AvgIpc) is 3.86. The van der Waals surface area contributed by atoms with Crippen molar-refractivity contribution in [2.75, 3.05) is 25.5 Å². The Morgan fingerprint density at radius 1 is 1.12 bits per heavy atom. The summed E-state index contributed by atoms with van der Waals surface area (Å²) in [5.74, 6) is 13.0. The Hall–Kier alpha value is -3.84. The van der Waals surface area contributed by atoms with Gasteiger partial charge in [-0.25, -0.2) is 0 Å². The van der Waals surface area contributed by atoms with Gasteiger partial charge in [0.25, 0.3) is 0 Å². The monoisotopic (exact) mass is 728 g/mol. The third kappa shape index (κ3) is 7.99. The fraction of sp³-hybridized carbons (Fsp3) is 0.500. The van der Waals surface area contributed by atoms with Crippen LogP contribution in [0.5, 0.6) is 5.75 Å². The number of benzene rings is 1. The van der Waals surface area contributed by atoms with Crippen LogP contribution < -0.4 is 16.4 Å². The van der Waals surface area contributed by atoms with Gasteiger partial charge in [0.15, 0.2) is 11.7 Å². The highest BCUT2D eigenvalue weighted by Crippen LogP contribution is 2.60. The van der Waals surface area contributed by atoms with E-state index in [1.165, 1.54) is 11.3 Å². The molecule has 0 unspecified atom stereocenters. The molecule has 2 aromatic heterocycles. The number of phenols is 1. The van der Waals surface area contributed by atoms with Crippen LogP contribution in [0.15, 0.2) is 41.4 Å². The number of aliphatic hydroxyl groups is 3. The van der Waals surface area contributed by atoms with Gasteiger partial charge in [0.1, 0.15) is 5.75 Å². The molecule has 3 bridgehead atoms. The number of aliphatic imine (C=N–C) groups is 1. The van der Waals surface area contributed by atoms with Crippen LogP contribution in [-0.2, 0) is 6.42 Å². The van der Waals surface area contributed by atoms with E-state index in [1.54, 1.807) is 37.4 Å². The maximum atomic E-state index is 14.7. The summed E-state index contributed by atoms with van der Waals surface area (Å²) in [6, 6.07) is 11.3. The number of guanidine groups is 1. The van der Waals surface area contributed by atoms with Crippen molar-refractivity contribution in [3.05, 3.63) is 57.3 Å². The fourth-order valence-electron chi connectivity index (χ4n) is 8.78. The summed E-state index contributed by atoms with van der Waals surface area (Å²) < 4.78 is 0. The Morgan fingerprint density at radius 3 is 2.63 bits per heavy atom. The highest BCUT2D eigenvalue weighted by molar-refractivity contribution is 7.23. The van der Waals surface area contributed by atoms with Gasteiger partial charge in [-0.1, -0.05) is 17.8 Å². The fourth-order valence-corrected chi connectivity index (χ4v) is 10.8. The molecule has 2 heterocycles. The van der Waals surface area contributed by atoms with Crippen LogP contribution in [0.1, 0.15) is 78.0 Å². The van der Waals surface area contributed by atoms with Gasteiger partial charge in [-0.05, 0) is 111 Å². The number of ketones is 1. The third-order valence-corrected chi connectivity index (χ3v) is 13.3. The first-order chi connectivity index (χ1) is 24.5. The summed E-state index contributed by atoms with van der Waals surface area (Å²) in [6.07, 6.45) is 3.01. The summed E-state index contributed by atoms with van der Waals surface area (Å²) in [5, 5.41) is 49.0. The lowest BCUT2D eigenvalue weighted by Crippen LogP contribution is -2.50. The molecule has 6 rings (SSSR count). The second-order valence-corrected chi connectivity index (χ2v) is 16.6. The number of carbonyl (C=O) groups excluding carboxylic acids is 1. The largest absolute Gasteiger partial charge is 0.508 e. The number of nitrogens with one attached hydrogen (secondary N) is 2. The predicted octanol–water partition coefficient (Wildman–Crippen LogP) is 5.21. The van der Waals surface area contributed by atoms with E-state index < -0.39 is 17.6 Å². The molecule has 1 spiro atoms. The number of carbonyl (C=O) groups is 1. The molecule has 2 saturated carbocycles. The van der Waals surface area contributed by atoms with E-state index in [1.807, 2.05) is 25.1 Å². The van der Waals surface area contributed by atoms with Crippen LogP contribution >= 0.6 is 22.7 Å². The van der Waals surface area contributed by atoms with Gasteiger partial charge in [-0.3, -0.25) is 9.79 Å². The quantitative estimate of drug-likeness (QED) is 0.0685. The Balaban J connectivity index is 1.40. The van der Waals surface area contributed by atoms with E-state index in [9.17, 15) is 25.2 Å². The molecule has 3 aliphatic carbocycles. The molecule has 11 heteroatoms. The second kappa shape index (κ2) is 15.8. The molecular formula is C40H48N4O5S2. The molecule has 270 valence electrons. The lowest BCUT2D eigenvalue weighted by Gasteiger charge is -2.47. The zero-order valence-electron chi connectivity index (χ0n) is 29.4. The highest BCUT2D eigenvalue weighted by Gasteiger charge is 2.56. The first-order valence-corrected chi connectivity index (χ1v) is 19.4. The number of nitrogens with two attached hydrogens (primary N) is 1. The summed E-state index contributed by atoms with van der Waals surface area (Å²) in [6.45, 7) is 3.46. The standard InChI is InChI=1S/C40H48N4O5S2/c1-4-6-28-10-12-35(50-28)36-13-14-37(51-36)38(49)31-11-9-25-19-40(31)18-24(30(20-40)34(48)22-45)7-5-8-29-26(16-32(25)44-39(41)42-3)15-27(47)17-33(29)43-21-23(2)46/h10,12-15,17,23-25,30-32,34,43,45-48H,7,9,11,16,18-22H2,1-3H3,(H3,41,42,44)/t23-,24+,25+,30+,31+,32-,34+,40-/m0/s1. The highest BCUT2D eigenvalue weighted by atomic mass is 32.1. The van der Waals surface area contributed by atoms with Crippen molar-refractivity contribution in [3.63, 3.8) is 0 Å². The normalized spacial score (nSPS) is 26.9. The summed E-state index contributed by atoms with van der Waals surface area (Å²) in [4.78, 5) is 22.8. The van der Waals surface area contributed by atoms with Crippen molar-refractivity contribution in [1.82, 2.24) is 5.32 Å². The number of aromatic hydroxyl groups is 1. The van der Waals surface area contributed by atoms with Crippen LogP contribution in [0.3, 0.4) is 0 Å². The van der Waals surface area contributed by atoms with Crippen LogP contribution in [0, 0.1) is 52.8 Å². The molecular weight excluding hydrogens is 681 g/mol. The lowest BCUT2D eigenvalue weighted by molar-refractivity contribution is 0.0156. The number of nitrogens with zero attached hydrogens (tertiary/aromatic N) is 1. The number of phenolic OH excluding ortho intramolecular Hbond substituents is 1. The average molecular weight is 729 g/mol. The maximum Gasteiger partial charge on any atom is 0.188 e. The SMILES string of the molecule is CC#Cc1ccc(-c2ccc(C(=O)[C@H]3CC[C@@H]4C[C@]35C[C@@H](CC#Cc3c(cc(O)cc3NC[C@H](C)O)C[C@@H]4NC(N)=NC)[C@H]([C@H](O)CO)C5)s2)s1. The van der Waals surface area contributed by atoms with Crippen LogP contribution in [0.4, 0.5) is 5.69 Å². The molecule has 8 atom stereocenters. The predicted molar refractivity (Wildman–Crippen MR) is 205 cm³/mol. The number of hydrogen-bond donors (Lipinski definition) is 7. The van der Waals surface area contributed by atoms with Gasteiger partial charge in [0.2, 0.25) is 0 Å². The molecule has 1 aromatic carbocycles. The Morgan fingerprint density at radius 2 is 1.88 bits per heavy atom. The second-order valence-electron chi connectivity index (χ2n) is 14.4. The third-order valence-electron chi connectivity index (χ3n) is 11.0. The lowest BCUT2D eigenvalue weighted by atomic mass is 9.58. The van der Waals surface area contributed by atoms with Crippen molar-refractivity contribution in [1.29, 1.82) is 0 Å². The Kier molecular flexibility index (Phi) is 11.5. The van der Waals surface area contributed by atoms with Crippen LogP contribution in [0.2, 0.25) is 0 Å². The topological polar surface area (TPSA) is 160 Å². The number of Topliss-reactive ketones (excluding diaryl/α,β-unsaturated/α-hetero) is 1. The number of fused-ring (bicyclic) bond motifs is 3. The summed E-state index contributed by atoms with van der Waals surface area (Å²) >= 11 is 3.16. The van der Waals surface area contributed by atoms with Crippen molar-refractivity contribution in [3.8, 4) is 39.2 Å². The minimum absolute atomic E-state index is 0.0284. The van der Waals surface area contributed by atoms with Crippen molar-refractivity contribution < 1.29 is 25.2 Å². The van der Waals surface area contributed by atoms with Gasteiger partial charge in [0.05, 0.1) is 39.8 Å². The molecule has 3 aromatic rings. The maximum absolute atomic E-state index is 14.7. The number of anilines is 1. The van der Waals surface area contributed by atoms with Gasteiger partial charge in [-0.2, -0.15) is 0 Å². The number of aliphatic hydroxyl groups excluding tert-OH is 3. The Bertz CT molecular complexity index is 1890. The Labute approximate surface area is 308 Å². The zero-order valence-corrected chi connectivity index (χ0v) is 31.0. The molecule has 0 amide bonds. The molecule has 8 N–H and O–H groups in total. The number of rotatable bonds is 9. The molecule has 2 fully saturated rings. The first-order valence-electron chi connectivity index (χ1n) is 17.8. The van der Waals surface area contributed by atoms with Crippen molar-refractivity contribution in [2.45, 2.75) is 77.0 Å². The van der Waals surface area contributed by atoms with E-state index in [4.69, 9.17) is 5.73 Å². The van der Waals surface area contributed by atoms with Crippen molar-refractivity contribution >= 4 is 40.1 Å². The van der Waals surface area contributed by atoms with Crippen LogP contribution in [-0.4, -0.2) is 70.6 Å². The zero-order chi connectivity index (χ0) is 36.3. The van der Waals surface area contributed by atoms with Crippen LogP contribution in [0.25, 0.3) is 9.75 Å². The van der Waals surface area contributed by atoms with Gasteiger partial charge in [0, 0.05) is 47.8 Å². The van der Waals surface area contributed by atoms with E-state index >= 15 is 0 Å². The minimum atomic E-state index is -0.922. The first kappa shape index (κ1) is 36.9. The molecule has 9 nitrogen and oxygen atoms in total. The number of thiophene rings is 2. The molecule has 3 aliphatic rings. The van der Waals surface area contributed by atoms with E-state index in [0.717, 1.165) is 49.9 Å². The van der Waals surface area contributed by atoms with Gasteiger partial charge < -0.3 is 36.8 Å².